The van der Waals surface area contributed by atoms with Crippen LogP contribution in [0.4, 0.5) is 5.69 Å². The first-order chi connectivity index (χ1) is 7.70. The normalized spacial score (nSPS) is 14.8. The van der Waals surface area contributed by atoms with Crippen LogP contribution < -0.4 is 11.5 Å². The van der Waals surface area contributed by atoms with Crippen LogP contribution in [-0.2, 0) is 9.47 Å². The summed E-state index contributed by atoms with van der Waals surface area (Å²) in [6.07, 6.45) is 0. The number of amides is 1. The predicted molar refractivity (Wildman–Crippen MR) is 61.0 cm³/mol. The first-order valence-corrected chi connectivity index (χ1v) is 5.01. The molecule has 0 aliphatic carbocycles. The smallest absolute Gasteiger partial charge is 0.248 e. The van der Waals surface area contributed by atoms with Gasteiger partial charge in [0.25, 0.3) is 0 Å². The standard InChI is InChI=1S/C7H8N2O.C4H8O2/c8-6-3-1-5(2-4-6)7(9)10;1-2-6-4-3-5-1/h1-4H,8H2,(H2,9,10);1-4H2. The highest BCUT2D eigenvalue weighted by molar-refractivity contribution is 5.92. The van der Waals surface area contributed by atoms with Gasteiger partial charge < -0.3 is 20.9 Å². The molecule has 0 radical (unpaired) electrons. The van der Waals surface area contributed by atoms with Gasteiger partial charge in [-0.2, -0.15) is 0 Å². The molecule has 16 heavy (non-hydrogen) atoms. The van der Waals surface area contributed by atoms with Gasteiger partial charge in [0, 0.05) is 11.3 Å². The second-order valence-corrected chi connectivity index (χ2v) is 3.21. The van der Waals surface area contributed by atoms with Crippen molar-refractivity contribution in [3.63, 3.8) is 0 Å². The van der Waals surface area contributed by atoms with Crippen LogP contribution in [-0.4, -0.2) is 32.3 Å². The molecular weight excluding hydrogens is 208 g/mol. The summed E-state index contributed by atoms with van der Waals surface area (Å²) >= 11 is 0. The maximum absolute atomic E-state index is 10.5. The zero-order chi connectivity index (χ0) is 11.8. The number of hydrogen-bond donors (Lipinski definition) is 2. The number of rotatable bonds is 1. The Kier molecular flexibility index (Phi) is 5.31. The molecule has 5 heteroatoms. The Balaban J connectivity index is 0.000000181. The van der Waals surface area contributed by atoms with Crippen molar-refractivity contribution in [2.24, 2.45) is 5.73 Å². The first-order valence-electron chi connectivity index (χ1n) is 5.01. The van der Waals surface area contributed by atoms with Crippen LogP contribution in [0.3, 0.4) is 0 Å². The number of benzene rings is 1. The lowest BCUT2D eigenvalue weighted by atomic mass is 10.2. The molecule has 4 N–H and O–H groups in total. The Hall–Kier alpha value is -1.59. The van der Waals surface area contributed by atoms with Gasteiger partial charge in [-0.15, -0.1) is 0 Å². The van der Waals surface area contributed by atoms with E-state index in [0.717, 1.165) is 26.4 Å². The first kappa shape index (κ1) is 12.5. The van der Waals surface area contributed by atoms with Crippen molar-refractivity contribution in [2.75, 3.05) is 32.2 Å². The number of primary amides is 1. The van der Waals surface area contributed by atoms with Crippen LogP contribution in [0.2, 0.25) is 0 Å². The third kappa shape index (κ3) is 4.77. The molecule has 1 aliphatic rings. The number of nitrogen functional groups attached to an aromatic ring is 1. The van der Waals surface area contributed by atoms with Gasteiger partial charge in [0.05, 0.1) is 26.4 Å². The van der Waals surface area contributed by atoms with Gasteiger partial charge >= 0.3 is 0 Å². The van der Waals surface area contributed by atoms with E-state index in [2.05, 4.69) is 0 Å². The molecule has 1 aromatic rings. The minimum absolute atomic E-state index is 0.431. The van der Waals surface area contributed by atoms with Crippen molar-refractivity contribution in [3.05, 3.63) is 29.8 Å². The summed E-state index contributed by atoms with van der Waals surface area (Å²) in [4.78, 5) is 10.5. The van der Waals surface area contributed by atoms with Crippen LogP contribution in [0, 0.1) is 0 Å². The Labute approximate surface area is 94.3 Å². The number of carbonyl (C=O) groups is 1. The Morgan fingerprint density at radius 2 is 1.44 bits per heavy atom. The highest BCUT2D eigenvalue weighted by Crippen LogP contribution is 2.03. The van der Waals surface area contributed by atoms with Crippen LogP contribution in [0.25, 0.3) is 0 Å². The number of anilines is 1. The van der Waals surface area contributed by atoms with Crippen molar-refractivity contribution in [2.45, 2.75) is 0 Å². The lowest BCUT2D eigenvalue weighted by molar-refractivity contribution is -0.0334. The molecule has 5 nitrogen and oxygen atoms in total. The van der Waals surface area contributed by atoms with E-state index in [4.69, 9.17) is 20.9 Å². The quantitative estimate of drug-likeness (QED) is 0.676. The van der Waals surface area contributed by atoms with E-state index in [1.807, 2.05) is 0 Å². The summed E-state index contributed by atoms with van der Waals surface area (Å²) in [5.41, 5.74) is 11.5. The van der Waals surface area contributed by atoms with E-state index in [-0.39, 0.29) is 0 Å². The fourth-order valence-corrected chi connectivity index (χ4v) is 1.09. The molecule has 0 unspecified atom stereocenters. The van der Waals surface area contributed by atoms with Crippen molar-refractivity contribution in [3.8, 4) is 0 Å². The average molecular weight is 224 g/mol. The van der Waals surface area contributed by atoms with Gasteiger partial charge in [-0.05, 0) is 24.3 Å². The van der Waals surface area contributed by atoms with Crippen molar-refractivity contribution < 1.29 is 14.3 Å². The minimum atomic E-state index is -0.431. The molecule has 88 valence electrons. The predicted octanol–water partition coefficient (Wildman–Crippen LogP) is 0.401. The van der Waals surface area contributed by atoms with E-state index >= 15 is 0 Å². The number of carbonyl (C=O) groups excluding carboxylic acids is 1. The molecule has 1 heterocycles. The maximum Gasteiger partial charge on any atom is 0.248 e. The van der Waals surface area contributed by atoms with Crippen molar-refractivity contribution in [1.82, 2.24) is 0 Å². The molecule has 0 saturated carbocycles. The summed E-state index contributed by atoms with van der Waals surface area (Å²) in [5.74, 6) is -0.431. The van der Waals surface area contributed by atoms with Gasteiger partial charge in [0.2, 0.25) is 5.91 Å². The SMILES string of the molecule is C1COCCO1.NC(=O)c1ccc(N)cc1. The number of nitrogens with two attached hydrogens (primary N) is 2. The van der Waals surface area contributed by atoms with Gasteiger partial charge in [-0.25, -0.2) is 0 Å². The summed E-state index contributed by atoms with van der Waals surface area (Å²) in [6, 6.07) is 6.47. The Bertz CT molecular complexity index is 309. The van der Waals surface area contributed by atoms with Gasteiger partial charge in [-0.3, -0.25) is 4.79 Å². The molecule has 0 spiro atoms. The minimum Gasteiger partial charge on any atom is -0.399 e. The number of ether oxygens (including phenoxy) is 2. The molecule has 2 rings (SSSR count). The lowest BCUT2D eigenvalue weighted by Gasteiger charge is -2.09. The molecule has 1 fully saturated rings. The zero-order valence-electron chi connectivity index (χ0n) is 9.02. The molecule has 0 aromatic heterocycles. The zero-order valence-corrected chi connectivity index (χ0v) is 9.02. The Morgan fingerprint density at radius 3 is 1.75 bits per heavy atom. The molecule has 1 amide bonds. The highest BCUT2D eigenvalue weighted by Gasteiger charge is 1.96. The van der Waals surface area contributed by atoms with Crippen LogP contribution in [0.5, 0.6) is 0 Å². The van der Waals surface area contributed by atoms with Gasteiger partial charge in [-0.1, -0.05) is 0 Å². The van der Waals surface area contributed by atoms with Gasteiger partial charge in [0.1, 0.15) is 0 Å². The number of hydrogen-bond acceptors (Lipinski definition) is 4. The third-order valence-corrected chi connectivity index (χ3v) is 1.94. The summed E-state index contributed by atoms with van der Waals surface area (Å²) in [5, 5.41) is 0. The van der Waals surface area contributed by atoms with E-state index in [0.29, 0.717) is 11.3 Å². The summed E-state index contributed by atoms with van der Waals surface area (Å²) < 4.78 is 9.89. The highest BCUT2D eigenvalue weighted by atomic mass is 16.6. The molecular formula is C11H16N2O3. The second-order valence-electron chi connectivity index (χ2n) is 3.21. The van der Waals surface area contributed by atoms with Gasteiger partial charge in [0.15, 0.2) is 0 Å². The third-order valence-electron chi connectivity index (χ3n) is 1.94. The van der Waals surface area contributed by atoms with E-state index in [1.54, 1.807) is 24.3 Å². The molecule has 0 atom stereocenters. The monoisotopic (exact) mass is 224 g/mol. The molecule has 1 saturated heterocycles. The topological polar surface area (TPSA) is 87.6 Å². The van der Waals surface area contributed by atoms with E-state index in [1.165, 1.54) is 0 Å². The molecule has 1 aromatic carbocycles. The largest absolute Gasteiger partial charge is 0.399 e. The second kappa shape index (κ2) is 6.81. The van der Waals surface area contributed by atoms with Crippen LogP contribution in [0.15, 0.2) is 24.3 Å². The van der Waals surface area contributed by atoms with Crippen LogP contribution >= 0.6 is 0 Å². The lowest BCUT2D eigenvalue weighted by Crippen LogP contribution is -2.16. The van der Waals surface area contributed by atoms with E-state index in [9.17, 15) is 4.79 Å². The van der Waals surface area contributed by atoms with Crippen LogP contribution in [0.1, 0.15) is 10.4 Å². The average Bonchev–Trinajstić information content (AvgIpc) is 2.32. The fraction of sp³-hybridized carbons (Fsp3) is 0.364. The molecule has 1 aliphatic heterocycles. The summed E-state index contributed by atoms with van der Waals surface area (Å²) in [6.45, 7) is 3.11. The van der Waals surface area contributed by atoms with Crippen molar-refractivity contribution >= 4 is 11.6 Å². The van der Waals surface area contributed by atoms with Crippen molar-refractivity contribution in [1.29, 1.82) is 0 Å². The van der Waals surface area contributed by atoms with E-state index < -0.39 is 5.91 Å². The fourth-order valence-electron chi connectivity index (χ4n) is 1.09. The molecule has 0 bridgehead atoms. The Morgan fingerprint density at radius 1 is 1.00 bits per heavy atom. The summed E-state index contributed by atoms with van der Waals surface area (Å²) in [7, 11) is 0. The maximum atomic E-state index is 10.5.